The molecule has 0 unspecified atom stereocenters. The molecule has 1 aromatic rings. The van der Waals surface area contributed by atoms with Crippen molar-refractivity contribution in [3.63, 3.8) is 0 Å². The SMILES string of the molecule is COc1ccc2c(c1)CCC(CC=O)=C2. The number of hydrogen-bond acceptors (Lipinski definition) is 2. The number of methoxy groups -OCH3 is 1. The number of hydrogen-bond donors (Lipinski definition) is 0. The molecule has 0 saturated heterocycles. The van der Waals surface area contributed by atoms with Crippen molar-refractivity contribution in [3.05, 3.63) is 34.9 Å². The molecule has 2 rings (SSSR count). The first-order chi connectivity index (χ1) is 7.33. The summed E-state index contributed by atoms with van der Waals surface area (Å²) in [6.45, 7) is 0. The van der Waals surface area contributed by atoms with Gasteiger partial charge in [-0.05, 0) is 36.1 Å². The maximum Gasteiger partial charge on any atom is 0.124 e. The first-order valence-electron chi connectivity index (χ1n) is 5.13. The number of ether oxygens (including phenoxy) is 1. The molecule has 2 nitrogen and oxygen atoms in total. The minimum Gasteiger partial charge on any atom is -0.497 e. The fourth-order valence-electron chi connectivity index (χ4n) is 1.92. The zero-order valence-electron chi connectivity index (χ0n) is 8.82. The van der Waals surface area contributed by atoms with Gasteiger partial charge in [-0.1, -0.05) is 17.7 Å². The van der Waals surface area contributed by atoms with Gasteiger partial charge < -0.3 is 9.53 Å². The normalized spacial score (nSPS) is 14.1. The first-order valence-corrected chi connectivity index (χ1v) is 5.13. The lowest BCUT2D eigenvalue weighted by atomic mass is 9.91. The van der Waals surface area contributed by atoms with Crippen molar-refractivity contribution in [2.75, 3.05) is 7.11 Å². The number of aryl methyl sites for hydroxylation is 1. The average molecular weight is 202 g/mol. The number of rotatable bonds is 3. The number of allylic oxidation sites excluding steroid dienone is 1. The van der Waals surface area contributed by atoms with Crippen LogP contribution in [-0.4, -0.2) is 13.4 Å². The van der Waals surface area contributed by atoms with Crippen LogP contribution in [0.4, 0.5) is 0 Å². The minimum absolute atomic E-state index is 0.561. The molecule has 0 spiro atoms. The Morgan fingerprint density at radius 1 is 1.40 bits per heavy atom. The Bertz CT molecular complexity index is 405. The van der Waals surface area contributed by atoms with Crippen molar-refractivity contribution >= 4 is 12.4 Å². The lowest BCUT2D eigenvalue weighted by molar-refractivity contribution is -0.107. The lowest BCUT2D eigenvalue weighted by Gasteiger charge is -2.15. The number of aldehydes is 1. The molecule has 1 aliphatic rings. The van der Waals surface area contributed by atoms with Gasteiger partial charge in [-0.2, -0.15) is 0 Å². The fraction of sp³-hybridized carbons (Fsp3) is 0.308. The van der Waals surface area contributed by atoms with Crippen LogP contribution in [0.1, 0.15) is 24.0 Å². The van der Waals surface area contributed by atoms with Crippen LogP contribution in [0.5, 0.6) is 5.75 Å². The first kappa shape index (κ1) is 9.97. The number of fused-ring (bicyclic) bond motifs is 1. The summed E-state index contributed by atoms with van der Waals surface area (Å²) in [6.07, 6.45) is 5.64. The summed E-state index contributed by atoms with van der Waals surface area (Å²) in [7, 11) is 1.68. The van der Waals surface area contributed by atoms with Crippen molar-refractivity contribution in [2.45, 2.75) is 19.3 Å². The molecular weight excluding hydrogens is 188 g/mol. The third-order valence-electron chi connectivity index (χ3n) is 2.77. The quantitative estimate of drug-likeness (QED) is 0.704. The second-order valence-electron chi connectivity index (χ2n) is 3.74. The van der Waals surface area contributed by atoms with Crippen LogP contribution in [0, 0.1) is 0 Å². The summed E-state index contributed by atoms with van der Waals surface area (Å²) < 4.78 is 5.18. The Morgan fingerprint density at radius 3 is 3.00 bits per heavy atom. The van der Waals surface area contributed by atoms with E-state index in [1.165, 1.54) is 16.7 Å². The lowest BCUT2D eigenvalue weighted by Crippen LogP contribution is -2.00. The molecule has 0 heterocycles. The predicted octanol–water partition coefficient (Wildman–Crippen LogP) is 2.61. The van der Waals surface area contributed by atoms with Crippen LogP contribution in [0.25, 0.3) is 6.08 Å². The topological polar surface area (TPSA) is 26.3 Å². The molecule has 1 aliphatic carbocycles. The fourth-order valence-corrected chi connectivity index (χ4v) is 1.92. The molecule has 0 saturated carbocycles. The van der Waals surface area contributed by atoms with E-state index >= 15 is 0 Å². The van der Waals surface area contributed by atoms with Gasteiger partial charge in [0.1, 0.15) is 12.0 Å². The molecule has 0 bridgehead atoms. The van der Waals surface area contributed by atoms with Crippen molar-refractivity contribution in [3.8, 4) is 5.75 Å². The van der Waals surface area contributed by atoms with Crippen LogP contribution in [0.2, 0.25) is 0 Å². The molecule has 0 aromatic heterocycles. The van der Waals surface area contributed by atoms with Crippen molar-refractivity contribution in [1.82, 2.24) is 0 Å². The minimum atomic E-state index is 0.561. The Kier molecular flexibility index (Phi) is 2.86. The zero-order chi connectivity index (χ0) is 10.7. The van der Waals surface area contributed by atoms with E-state index in [9.17, 15) is 4.79 Å². The van der Waals surface area contributed by atoms with Gasteiger partial charge in [-0.3, -0.25) is 0 Å². The number of carbonyl (C=O) groups excluding carboxylic acids is 1. The molecule has 0 atom stereocenters. The van der Waals surface area contributed by atoms with E-state index in [1.54, 1.807) is 7.11 Å². The molecule has 0 amide bonds. The molecule has 1 aromatic carbocycles. The van der Waals surface area contributed by atoms with Gasteiger partial charge in [0, 0.05) is 6.42 Å². The van der Waals surface area contributed by atoms with E-state index in [-0.39, 0.29) is 0 Å². The molecule has 0 aliphatic heterocycles. The summed E-state index contributed by atoms with van der Waals surface area (Å²) >= 11 is 0. The second kappa shape index (κ2) is 4.30. The second-order valence-corrected chi connectivity index (χ2v) is 3.74. The van der Waals surface area contributed by atoms with Crippen LogP contribution >= 0.6 is 0 Å². The standard InChI is InChI=1S/C13H14O2/c1-15-13-5-4-11-8-10(6-7-14)2-3-12(11)9-13/h4-5,7-9H,2-3,6H2,1H3. The smallest absolute Gasteiger partial charge is 0.124 e. The van der Waals surface area contributed by atoms with E-state index in [2.05, 4.69) is 18.2 Å². The molecule has 78 valence electrons. The van der Waals surface area contributed by atoms with Crippen molar-refractivity contribution in [1.29, 1.82) is 0 Å². The van der Waals surface area contributed by atoms with Gasteiger partial charge in [0.25, 0.3) is 0 Å². The van der Waals surface area contributed by atoms with Gasteiger partial charge in [-0.25, -0.2) is 0 Å². The highest BCUT2D eigenvalue weighted by atomic mass is 16.5. The van der Waals surface area contributed by atoms with Gasteiger partial charge in [-0.15, -0.1) is 0 Å². The highest BCUT2D eigenvalue weighted by molar-refractivity contribution is 5.66. The van der Waals surface area contributed by atoms with Gasteiger partial charge in [0.2, 0.25) is 0 Å². The molecule has 15 heavy (non-hydrogen) atoms. The van der Waals surface area contributed by atoms with Crippen LogP contribution < -0.4 is 4.74 Å². The summed E-state index contributed by atoms with van der Waals surface area (Å²) in [5, 5.41) is 0. The van der Waals surface area contributed by atoms with Crippen LogP contribution in [0.3, 0.4) is 0 Å². The Labute approximate surface area is 89.6 Å². The predicted molar refractivity (Wildman–Crippen MR) is 60.0 cm³/mol. The Morgan fingerprint density at radius 2 is 2.27 bits per heavy atom. The van der Waals surface area contributed by atoms with E-state index in [1.807, 2.05) is 6.07 Å². The third-order valence-corrected chi connectivity index (χ3v) is 2.77. The molecule has 0 fully saturated rings. The van der Waals surface area contributed by atoms with E-state index < -0.39 is 0 Å². The van der Waals surface area contributed by atoms with Gasteiger partial charge in [0.15, 0.2) is 0 Å². The summed E-state index contributed by atoms with van der Waals surface area (Å²) in [4.78, 5) is 10.4. The Balaban J connectivity index is 2.31. The van der Waals surface area contributed by atoms with Crippen molar-refractivity contribution < 1.29 is 9.53 Å². The molecule has 2 heteroatoms. The van der Waals surface area contributed by atoms with Crippen LogP contribution in [0.15, 0.2) is 23.8 Å². The largest absolute Gasteiger partial charge is 0.497 e. The Hall–Kier alpha value is -1.57. The van der Waals surface area contributed by atoms with E-state index in [0.29, 0.717) is 6.42 Å². The number of benzene rings is 1. The molecular formula is C13H14O2. The summed E-state index contributed by atoms with van der Waals surface area (Å²) in [6, 6.07) is 6.08. The summed E-state index contributed by atoms with van der Waals surface area (Å²) in [5.41, 5.74) is 3.76. The van der Waals surface area contributed by atoms with Gasteiger partial charge in [0.05, 0.1) is 7.11 Å². The molecule has 0 N–H and O–H groups in total. The third kappa shape index (κ3) is 2.09. The molecule has 0 radical (unpaired) electrons. The van der Waals surface area contributed by atoms with Crippen molar-refractivity contribution in [2.24, 2.45) is 0 Å². The van der Waals surface area contributed by atoms with E-state index in [0.717, 1.165) is 24.9 Å². The highest BCUT2D eigenvalue weighted by Crippen LogP contribution is 2.28. The number of carbonyl (C=O) groups is 1. The van der Waals surface area contributed by atoms with Crippen LogP contribution in [-0.2, 0) is 11.2 Å². The maximum absolute atomic E-state index is 10.4. The zero-order valence-corrected chi connectivity index (χ0v) is 8.82. The van der Waals surface area contributed by atoms with Gasteiger partial charge >= 0.3 is 0 Å². The van der Waals surface area contributed by atoms with E-state index in [4.69, 9.17) is 4.74 Å². The maximum atomic E-state index is 10.4. The average Bonchev–Trinajstić information content (AvgIpc) is 2.29. The monoisotopic (exact) mass is 202 g/mol. The highest BCUT2D eigenvalue weighted by Gasteiger charge is 2.10. The summed E-state index contributed by atoms with van der Waals surface area (Å²) in [5.74, 6) is 0.904.